The van der Waals surface area contributed by atoms with Crippen molar-refractivity contribution in [1.29, 1.82) is 0 Å². The van der Waals surface area contributed by atoms with Crippen molar-refractivity contribution in [2.24, 2.45) is 0 Å². The Morgan fingerprint density at radius 1 is 0.917 bits per heavy atom. The van der Waals surface area contributed by atoms with Gasteiger partial charge in [0, 0.05) is 52.1 Å². The molecule has 0 bridgehead atoms. The summed E-state index contributed by atoms with van der Waals surface area (Å²) >= 11 is 14.4. The average Bonchev–Trinajstić information content (AvgIpc) is 2.71. The van der Waals surface area contributed by atoms with Gasteiger partial charge in [-0.15, -0.1) is 0 Å². The van der Waals surface area contributed by atoms with Gasteiger partial charge in [-0.05, 0) is 54.9 Å². The van der Waals surface area contributed by atoms with Crippen LogP contribution in [0.1, 0.15) is 17.2 Å². The largest absolute Gasteiger partial charge is 0.304 e. The molecule has 0 aromatic heterocycles. The lowest BCUT2D eigenvalue weighted by atomic mass is 9.96. The van der Waals surface area contributed by atoms with Gasteiger partial charge < -0.3 is 4.90 Å². The Kier molecular flexibility index (Phi) is 4.81. The zero-order chi connectivity index (χ0) is 16.7. The molecule has 2 aromatic rings. The van der Waals surface area contributed by atoms with E-state index in [1.54, 1.807) is 0 Å². The molecule has 2 nitrogen and oxygen atoms in total. The molecule has 0 amide bonds. The van der Waals surface area contributed by atoms with Crippen molar-refractivity contribution < 1.29 is 0 Å². The number of rotatable bonds is 1. The maximum absolute atomic E-state index is 6.28. The molecular weight excluding hydrogens is 359 g/mol. The van der Waals surface area contributed by atoms with E-state index in [1.165, 1.54) is 20.9 Å². The molecule has 0 saturated carbocycles. The van der Waals surface area contributed by atoms with E-state index < -0.39 is 0 Å². The van der Waals surface area contributed by atoms with Crippen LogP contribution in [0, 0.1) is 0 Å². The van der Waals surface area contributed by atoms with Gasteiger partial charge in [-0.1, -0.05) is 41.0 Å². The minimum Gasteiger partial charge on any atom is -0.304 e. The Morgan fingerprint density at radius 3 is 2.42 bits per heavy atom. The molecule has 0 aliphatic carbocycles. The second kappa shape index (κ2) is 6.89. The lowest BCUT2D eigenvalue weighted by Gasteiger charge is -2.38. The Hall–Kier alpha value is -0.710. The molecule has 4 rings (SSSR count). The Bertz CT molecular complexity index is 757. The van der Waals surface area contributed by atoms with Crippen LogP contribution in [-0.4, -0.2) is 43.0 Å². The third kappa shape index (κ3) is 3.33. The first-order valence-electron chi connectivity index (χ1n) is 8.28. The fraction of sp³-hybridized carbons (Fsp3) is 0.368. The Morgan fingerprint density at radius 2 is 1.62 bits per heavy atom. The third-order valence-corrected chi connectivity index (χ3v) is 6.63. The van der Waals surface area contributed by atoms with Crippen molar-refractivity contribution in [3.05, 3.63) is 57.6 Å². The number of fused-ring (bicyclic) bond motifs is 2. The minimum atomic E-state index is 0.387. The molecule has 0 spiro atoms. The predicted molar refractivity (Wildman–Crippen MR) is 103 cm³/mol. The van der Waals surface area contributed by atoms with Crippen LogP contribution in [0.15, 0.2) is 46.2 Å². The molecule has 2 aliphatic heterocycles. The number of hydrogen-bond acceptors (Lipinski definition) is 3. The monoisotopic (exact) mass is 378 g/mol. The van der Waals surface area contributed by atoms with Gasteiger partial charge in [-0.3, -0.25) is 4.90 Å². The van der Waals surface area contributed by atoms with Gasteiger partial charge in [-0.2, -0.15) is 0 Å². The standard InChI is InChI=1S/C19H20Cl2N2S/c1-22-6-8-23(9-7-22)17-11-13-10-14(20)3-5-18(13)24-19-12-15(21)2-4-16(17)19/h2-5,10,12,17H,6-9,11H2,1H3/t17-/m1/s1. The topological polar surface area (TPSA) is 6.48 Å². The van der Waals surface area contributed by atoms with Crippen LogP contribution in [0.4, 0.5) is 0 Å². The van der Waals surface area contributed by atoms with Crippen molar-refractivity contribution in [2.75, 3.05) is 33.2 Å². The van der Waals surface area contributed by atoms with Gasteiger partial charge in [0.25, 0.3) is 0 Å². The Labute approximate surface area is 157 Å². The Balaban J connectivity index is 1.77. The smallest absolute Gasteiger partial charge is 0.0417 e. The molecule has 126 valence electrons. The minimum absolute atomic E-state index is 0.387. The molecule has 2 aliphatic rings. The van der Waals surface area contributed by atoms with Gasteiger partial charge >= 0.3 is 0 Å². The van der Waals surface area contributed by atoms with E-state index in [2.05, 4.69) is 41.1 Å². The van der Waals surface area contributed by atoms with Crippen molar-refractivity contribution in [2.45, 2.75) is 22.3 Å². The quantitative estimate of drug-likeness (QED) is 0.689. The third-order valence-electron chi connectivity index (χ3n) is 4.97. The van der Waals surface area contributed by atoms with E-state index in [1.807, 2.05) is 23.9 Å². The van der Waals surface area contributed by atoms with Crippen LogP contribution < -0.4 is 0 Å². The molecule has 0 N–H and O–H groups in total. The number of piperazine rings is 1. The summed E-state index contributed by atoms with van der Waals surface area (Å²) in [6.45, 7) is 4.44. The fourth-order valence-corrected chi connectivity index (χ4v) is 5.16. The lowest BCUT2D eigenvalue weighted by molar-refractivity contribution is 0.110. The summed E-state index contributed by atoms with van der Waals surface area (Å²) in [5, 5.41) is 1.62. The first kappa shape index (κ1) is 16.7. The fourth-order valence-electron chi connectivity index (χ4n) is 3.58. The van der Waals surface area contributed by atoms with Crippen LogP contribution in [0.5, 0.6) is 0 Å². The summed E-state index contributed by atoms with van der Waals surface area (Å²) in [5.41, 5.74) is 2.73. The summed E-state index contributed by atoms with van der Waals surface area (Å²) in [6, 6.07) is 13.0. The number of likely N-dealkylation sites (N-methyl/N-ethyl adjacent to an activating group) is 1. The van der Waals surface area contributed by atoms with Crippen LogP contribution in [0.2, 0.25) is 10.0 Å². The number of halogens is 2. The first-order valence-corrected chi connectivity index (χ1v) is 9.86. The van der Waals surface area contributed by atoms with Gasteiger partial charge in [-0.25, -0.2) is 0 Å². The summed E-state index contributed by atoms with van der Waals surface area (Å²) in [5.74, 6) is 0. The lowest BCUT2D eigenvalue weighted by Crippen LogP contribution is -2.46. The summed E-state index contributed by atoms with van der Waals surface area (Å²) in [4.78, 5) is 7.57. The van der Waals surface area contributed by atoms with Gasteiger partial charge in [0.1, 0.15) is 0 Å². The SMILES string of the molecule is CN1CCN([C@@H]2Cc3cc(Cl)ccc3Sc3cc(Cl)ccc32)CC1. The van der Waals surface area contributed by atoms with E-state index >= 15 is 0 Å². The number of hydrogen-bond donors (Lipinski definition) is 0. The molecule has 2 aromatic carbocycles. The second-order valence-electron chi connectivity index (χ2n) is 6.60. The van der Waals surface area contributed by atoms with Crippen LogP contribution in [0.25, 0.3) is 0 Å². The number of nitrogens with zero attached hydrogens (tertiary/aromatic N) is 2. The van der Waals surface area contributed by atoms with E-state index in [9.17, 15) is 0 Å². The molecule has 5 heteroatoms. The van der Waals surface area contributed by atoms with Crippen molar-refractivity contribution in [3.8, 4) is 0 Å². The van der Waals surface area contributed by atoms with Crippen molar-refractivity contribution in [1.82, 2.24) is 9.80 Å². The normalized spacial score (nSPS) is 21.9. The van der Waals surface area contributed by atoms with Gasteiger partial charge in [0.05, 0.1) is 0 Å². The van der Waals surface area contributed by atoms with Crippen molar-refractivity contribution >= 4 is 35.0 Å². The zero-order valence-corrected chi connectivity index (χ0v) is 16.0. The molecule has 0 radical (unpaired) electrons. The van der Waals surface area contributed by atoms with E-state index in [0.717, 1.165) is 42.6 Å². The molecular formula is C19H20Cl2N2S. The maximum atomic E-state index is 6.28. The first-order chi connectivity index (χ1) is 11.6. The highest BCUT2D eigenvalue weighted by atomic mass is 35.5. The summed E-state index contributed by atoms with van der Waals surface area (Å²) in [6.07, 6.45) is 1.00. The average molecular weight is 379 g/mol. The van der Waals surface area contributed by atoms with Crippen LogP contribution >= 0.6 is 35.0 Å². The van der Waals surface area contributed by atoms with Crippen LogP contribution in [-0.2, 0) is 6.42 Å². The van der Waals surface area contributed by atoms with Gasteiger partial charge in [0.15, 0.2) is 0 Å². The van der Waals surface area contributed by atoms with Gasteiger partial charge in [0.2, 0.25) is 0 Å². The molecule has 1 atom stereocenters. The second-order valence-corrected chi connectivity index (χ2v) is 8.55. The van der Waals surface area contributed by atoms with E-state index in [4.69, 9.17) is 23.2 Å². The molecule has 1 fully saturated rings. The molecule has 1 saturated heterocycles. The van der Waals surface area contributed by atoms with Crippen LogP contribution in [0.3, 0.4) is 0 Å². The summed E-state index contributed by atoms with van der Waals surface area (Å²) < 4.78 is 0. The highest BCUT2D eigenvalue weighted by Gasteiger charge is 2.29. The zero-order valence-electron chi connectivity index (χ0n) is 13.6. The summed E-state index contributed by atoms with van der Waals surface area (Å²) in [7, 11) is 2.20. The van der Waals surface area contributed by atoms with E-state index in [-0.39, 0.29) is 0 Å². The van der Waals surface area contributed by atoms with E-state index in [0.29, 0.717) is 6.04 Å². The van der Waals surface area contributed by atoms with Crippen molar-refractivity contribution in [3.63, 3.8) is 0 Å². The molecule has 24 heavy (non-hydrogen) atoms. The maximum Gasteiger partial charge on any atom is 0.0417 e. The predicted octanol–water partition coefficient (Wildman–Crippen LogP) is 4.99. The molecule has 2 heterocycles. The highest BCUT2D eigenvalue weighted by Crippen LogP contribution is 2.44. The number of benzene rings is 2. The molecule has 0 unspecified atom stereocenters. The highest BCUT2D eigenvalue weighted by molar-refractivity contribution is 7.99.